The van der Waals surface area contributed by atoms with Gasteiger partial charge in [-0.2, -0.15) is 19.9 Å². The standard InChI is InChI=1S/C38H26N8O6/c39-19-27-31(43-35(47)21-9-1-3-11-23(21)37(49)45(43)33(27)41)25-13-5-7-15-29(25)51-17-18-52-30-16-8-6-14-26(30)32-28(20-40)34(42)46-38(50)24-12-4-2-10-22(24)36(48)44(32)46/h1-16,31-32H,17-18,41-42H2. The van der Waals surface area contributed by atoms with Gasteiger partial charge in [0.25, 0.3) is 22.2 Å². The molecule has 4 heterocycles. The summed E-state index contributed by atoms with van der Waals surface area (Å²) in [6, 6.07) is 28.4. The molecular formula is C38H26N8O6. The van der Waals surface area contributed by atoms with Crippen molar-refractivity contribution in [3.05, 3.63) is 161 Å². The summed E-state index contributed by atoms with van der Waals surface area (Å²) in [6.45, 7) is -0.0417. The van der Waals surface area contributed by atoms with Crippen molar-refractivity contribution in [1.29, 1.82) is 10.5 Å². The summed E-state index contributed by atoms with van der Waals surface area (Å²) in [5, 5.41) is 21.0. The number of hydrogen-bond donors (Lipinski definition) is 2. The monoisotopic (exact) mass is 690 g/mol. The molecule has 254 valence electrons. The van der Waals surface area contributed by atoms with Gasteiger partial charge in [0.15, 0.2) is 0 Å². The van der Waals surface area contributed by atoms with Crippen molar-refractivity contribution in [1.82, 2.24) is 18.7 Å². The average Bonchev–Trinajstić information content (AvgIpc) is 3.65. The van der Waals surface area contributed by atoms with Gasteiger partial charge in [0, 0.05) is 11.1 Å². The SMILES string of the molecule is N#CC1=C(N)n2c(=O)c3ccccc3c(=O)n2C1c1ccccc1OCCOc1ccccc1C1C(C#N)=C(N)n2c(=O)c3ccccc3c(=O)n21. The van der Waals surface area contributed by atoms with Crippen molar-refractivity contribution >= 4 is 33.2 Å². The van der Waals surface area contributed by atoms with Crippen LogP contribution in [-0.4, -0.2) is 31.9 Å². The van der Waals surface area contributed by atoms with Crippen molar-refractivity contribution in [3.63, 3.8) is 0 Å². The van der Waals surface area contributed by atoms with Gasteiger partial charge in [-0.1, -0.05) is 60.7 Å². The Hall–Kier alpha value is -7.58. The molecule has 0 saturated heterocycles. The molecule has 2 aromatic heterocycles. The Bertz CT molecular complexity index is 2720. The molecule has 6 aromatic rings. The third-order valence-corrected chi connectivity index (χ3v) is 9.32. The van der Waals surface area contributed by atoms with Crippen LogP contribution in [0.15, 0.2) is 127 Å². The summed E-state index contributed by atoms with van der Waals surface area (Å²) in [7, 11) is 0. The molecule has 52 heavy (non-hydrogen) atoms. The molecule has 2 unspecified atom stereocenters. The number of nitriles is 2. The molecule has 8 rings (SSSR count). The zero-order chi connectivity index (χ0) is 36.3. The number of ether oxygens (including phenoxy) is 2. The highest BCUT2D eigenvalue weighted by Gasteiger charge is 2.37. The summed E-state index contributed by atoms with van der Waals surface area (Å²) in [5.41, 5.74) is 11.4. The van der Waals surface area contributed by atoms with Gasteiger partial charge in [-0.05, 0) is 36.4 Å². The van der Waals surface area contributed by atoms with Crippen LogP contribution in [0.2, 0.25) is 0 Å². The first kappa shape index (κ1) is 31.7. The lowest BCUT2D eigenvalue weighted by molar-refractivity contribution is 0.213. The molecule has 0 spiro atoms. The molecule has 2 atom stereocenters. The Morgan fingerprint density at radius 1 is 0.519 bits per heavy atom. The van der Waals surface area contributed by atoms with Crippen LogP contribution in [0.3, 0.4) is 0 Å². The molecule has 0 aliphatic carbocycles. The number of rotatable bonds is 7. The fourth-order valence-corrected chi connectivity index (χ4v) is 7.02. The third kappa shape index (κ3) is 4.48. The van der Waals surface area contributed by atoms with Gasteiger partial charge in [-0.15, -0.1) is 0 Å². The maximum Gasteiger partial charge on any atom is 0.279 e. The lowest BCUT2D eigenvalue weighted by atomic mass is 9.99. The minimum absolute atomic E-state index is 0.00957. The summed E-state index contributed by atoms with van der Waals surface area (Å²) < 4.78 is 16.7. The molecule has 0 amide bonds. The van der Waals surface area contributed by atoms with E-state index in [0.717, 1.165) is 9.36 Å². The predicted molar refractivity (Wildman–Crippen MR) is 191 cm³/mol. The molecule has 0 fully saturated rings. The van der Waals surface area contributed by atoms with E-state index in [4.69, 9.17) is 20.9 Å². The molecule has 0 radical (unpaired) electrons. The molecule has 2 aliphatic rings. The van der Waals surface area contributed by atoms with Crippen molar-refractivity contribution < 1.29 is 9.47 Å². The van der Waals surface area contributed by atoms with Gasteiger partial charge >= 0.3 is 0 Å². The van der Waals surface area contributed by atoms with E-state index in [9.17, 15) is 29.7 Å². The van der Waals surface area contributed by atoms with Crippen LogP contribution in [-0.2, 0) is 0 Å². The van der Waals surface area contributed by atoms with Gasteiger partial charge in [0.2, 0.25) is 0 Å². The van der Waals surface area contributed by atoms with E-state index in [0.29, 0.717) is 22.6 Å². The average molecular weight is 691 g/mol. The number of fused-ring (bicyclic) bond motifs is 4. The van der Waals surface area contributed by atoms with E-state index < -0.39 is 34.3 Å². The Morgan fingerprint density at radius 3 is 1.21 bits per heavy atom. The molecule has 0 bridgehead atoms. The maximum atomic E-state index is 13.8. The molecule has 4 N–H and O–H groups in total. The highest BCUT2D eigenvalue weighted by atomic mass is 16.5. The number of nitrogens with zero attached hydrogens (tertiary/aromatic N) is 6. The number of para-hydroxylation sites is 2. The van der Waals surface area contributed by atoms with Gasteiger partial charge in [0.1, 0.15) is 71.7 Å². The molecule has 14 heteroatoms. The fourth-order valence-electron chi connectivity index (χ4n) is 7.02. The second-order valence-corrected chi connectivity index (χ2v) is 12.0. The molecule has 0 saturated carbocycles. The molecule has 4 aromatic carbocycles. The van der Waals surface area contributed by atoms with Crippen LogP contribution in [0.5, 0.6) is 11.5 Å². The number of aromatic nitrogens is 4. The zero-order valence-corrected chi connectivity index (χ0v) is 27.1. The van der Waals surface area contributed by atoms with Gasteiger partial charge in [-0.25, -0.2) is 9.36 Å². The van der Waals surface area contributed by atoms with Crippen LogP contribution in [0.25, 0.3) is 33.2 Å². The highest BCUT2D eigenvalue weighted by Crippen LogP contribution is 2.39. The number of benzene rings is 4. The van der Waals surface area contributed by atoms with Crippen LogP contribution in [0, 0.1) is 22.7 Å². The normalized spacial score (nSPS) is 16.1. The van der Waals surface area contributed by atoms with Crippen LogP contribution < -0.4 is 43.2 Å². The van der Waals surface area contributed by atoms with E-state index in [2.05, 4.69) is 12.1 Å². The maximum absolute atomic E-state index is 13.8. The number of hydrogen-bond acceptors (Lipinski definition) is 10. The first-order valence-corrected chi connectivity index (χ1v) is 16.0. The second-order valence-electron chi connectivity index (χ2n) is 12.0. The van der Waals surface area contributed by atoms with E-state index in [1.165, 1.54) is 21.5 Å². The lowest BCUT2D eigenvalue weighted by Gasteiger charge is -2.21. The topological polar surface area (TPSA) is 206 Å². The Labute approximate surface area is 292 Å². The van der Waals surface area contributed by atoms with E-state index >= 15 is 0 Å². The lowest BCUT2D eigenvalue weighted by Crippen LogP contribution is -2.38. The van der Waals surface area contributed by atoms with Crippen molar-refractivity contribution in [2.75, 3.05) is 13.2 Å². The fraction of sp³-hybridized carbons (Fsp3) is 0.105. The second kappa shape index (κ2) is 12.1. The molecule has 14 nitrogen and oxygen atoms in total. The van der Waals surface area contributed by atoms with E-state index in [1.54, 1.807) is 84.9 Å². The Kier molecular flexibility index (Phi) is 7.36. The highest BCUT2D eigenvalue weighted by molar-refractivity contribution is 5.83. The van der Waals surface area contributed by atoms with Gasteiger partial charge in [0.05, 0.1) is 21.5 Å². The Morgan fingerprint density at radius 2 is 0.846 bits per heavy atom. The first-order valence-electron chi connectivity index (χ1n) is 16.0. The summed E-state index contributed by atoms with van der Waals surface area (Å²) >= 11 is 0. The number of allylic oxidation sites excluding steroid dienone is 2. The van der Waals surface area contributed by atoms with Crippen molar-refractivity contribution in [2.45, 2.75) is 12.1 Å². The van der Waals surface area contributed by atoms with Crippen molar-refractivity contribution in [3.8, 4) is 23.6 Å². The Balaban J connectivity index is 1.11. The predicted octanol–water partition coefficient (Wildman–Crippen LogP) is 2.61. The van der Waals surface area contributed by atoms with Crippen LogP contribution in [0.4, 0.5) is 0 Å². The van der Waals surface area contributed by atoms with E-state index in [1.807, 2.05) is 0 Å². The third-order valence-electron chi connectivity index (χ3n) is 9.32. The molecular weight excluding hydrogens is 664 g/mol. The number of nitrogens with two attached hydrogens (primary N) is 2. The minimum Gasteiger partial charge on any atom is -0.490 e. The minimum atomic E-state index is -1.05. The summed E-state index contributed by atoms with van der Waals surface area (Å²) in [5.74, 6) is 0.334. The zero-order valence-electron chi connectivity index (χ0n) is 27.1. The largest absolute Gasteiger partial charge is 0.490 e. The van der Waals surface area contributed by atoms with Crippen LogP contribution >= 0.6 is 0 Å². The van der Waals surface area contributed by atoms with Gasteiger partial charge in [-0.3, -0.25) is 19.2 Å². The smallest absolute Gasteiger partial charge is 0.279 e. The summed E-state index contributed by atoms with van der Waals surface area (Å²) in [6.07, 6.45) is 0. The van der Waals surface area contributed by atoms with Crippen molar-refractivity contribution in [2.24, 2.45) is 11.5 Å². The first-order chi connectivity index (χ1) is 25.3. The summed E-state index contributed by atoms with van der Waals surface area (Å²) in [4.78, 5) is 54.4. The molecule has 2 aliphatic heterocycles. The quantitative estimate of drug-likeness (QED) is 0.234. The van der Waals surface area contributed by atoms with Crippen LogP contribution in [0.1, 0.15) is 23.2 Å². The van der Waals surface area contributed by atoms with Gasteiger partial charge < -0.3 is 20.9 Å². The van der Waals surface area contributed by atoms with E-state index in [-0.39, 0.29) is 57.5 Å².